The monoisotopic (exact) mass is 387 g/mol. The van der Waals surface area contributed by atoms with Crippen molar-refractivity contribution in [1.82, 2.24) is 4.98 Å². The fourth-order valence-electron chi connectivity index (χ4n) is 3.30. The van der Waals surface area contributed by atoms with E-state index in [-0.39, 0.29) is 17.1 Å². The highest BCUT2D eigenvalue weighted by Crippen LogP contribution is 2.36. The van der Waals surface area contributed by atoms with Gasteiger partial charge in [-0.05, 0) is 30.7 Å². The number of nitriles is 1. The number of phenolic OH excluding ortho intramolecular Hbond substituents is 1. The van der Waals surface area contributed by atoms with Gasteiger partial charge in [-0.1, -0.05) is 48.0 Å². The van der Waals surface area contributed by atoms with Gasteiger partial charge >= 0.3 is 0 Å². The maximum absolute atomic E-state index is 10.3. The number of hydrogen-bond donors (Lipinski definition) is 2. The van der Waals surface area contributed by atoms with E-state index < -0.39 is 0 Å². The van der Waals surface area contributed by atoms with Gasteiger partial charge in [0.05, 0.1) is 11.1 Å². The van der Waals surface area contributed by atoms with E-state index in [9.17, 15) is 10.4 Å². The number of phenols is 1. The van der Waals surface area contributed by atoms with Gasteiger partial charge < -0.3 is 5.11 Å². The van der Waals surface area contributed by atoms with Crippen LogP contribution in [-0.4, -0.2) is 10.1 Å². The van der Waals surface area contributed by atoms with Gasteiger partial charge in [0.2, 0.25) is 0 Å². The van der Waals surface area contributed by atoms with Gasteiger partial charge in [0, 0.05) is 16.5 Å². The third-order valence-corrected chi connectivity index (χ3v) is 4.98. The molecule has 0 radical (unpaired) electrons. The lowest BCUT2D eigenvalue weighted by Crippen LogP contribution is -2.16. The lowest BCUT2D eigenvalue weighted by molar-refractivity contribution is -0.346. The van der Waals surface area contributed by atoms with E-state index in [0.29, 0.717) is 27.5 Å². The number of aryl methyl sites for hydroxylation is 1. The third kappa shape index (κ3) is 2.90. The maximum atomic E-state index is 10.3. The first-order chi connectivity index (χ1) is 13.5. The van der Waals surface area contributed by atoms with Crippen LogP contribution >= 0.6 is 11.6 Å². The van der Waals surface area contributed by atoms with E-state index in [1.54, 1.807) is 30.3 Å². The molecule has 4 aromatic rings. The van der Waals surface area contributed by atoms with Crippen LogP contribution in [0.4, 0.5) is 5.82 Å². The summed E-state index contributed by atoms with van der Waals surface area (Å²) in [5.74, 6) is 0.257. The Hall–Kier alpha value is -3.62. The van der Waals surface area contributed by atoms with Crippen molar-refractivity contribution in [3.8, 4) is 34.2 Å². The SMILES string of the molecule is Cc1cccc2cc(-c3cc(-c4ccccc4O)c(C#N)c(N)[nH+]3)c(Cl)nc12. The predicted octanol–water partition coefficient (Wildman–Crippen LogP) is 4.50. The average molecular weight is 388 g/mol. The van der Waals surface area contributed by atoms with Crippen LogP contribution in [0.1, 0.15) is 11.1 Å². The molecular weight excluding hydrogens is 372 g/mol. The molecule has 0 spiro atoms. The molecule has 2 aromatic carbocycles. The Kier molecular flexibility index (Phi) is 4.34. The molecule has 4 N–H and O–H groups in total. The molecule has 0 saturated heterocycles. The molecule has 4 rings (SSSR count). The minimum Gasteiger partial charge on any atom is -0.507 e. The van der Waals surface area contributed by atoms with Crippen molar-refractivity contribution in [2.24, 2.45) is 0 Å². The van der Waals surface area contributed by atoms with Gasteiger partial charge in [0.15, 0.2) is 0 Å². The van der Waals surface area contributed by atoms with Crippen LogP contribution in [0, 0.1) is 18.3 Å². The van der Waals surface area contributed by atoms with Gasteiger partial charge in [0.1, 0.15) is 28.2 Å². The number of rotatable bonds is 2. The average Bonchev–Trinajstić information content (AvgIpc) is 2.68. The zero-order chi connectivity index (χ0) is 19.8. The second kappa shape index (κ2) is 6.84. The molecule has 0 fully saturated rings. The number of nitrogens with one attached hydrogen (secondary N) is 1. The van der Waals surface area contributed by atoms with Gasteiger partial charge in [-0.3, -0.25) is 5.73 Å². The summed E-state index contributed by atoms with van der Waals surface area (Å²) in [5, 5.41) is 21.1. The predicted molar refractivity (Wildman–Crippen MR) is 110 cm³/mol. The first kappa shape index (κ1) is 17.8. The number of pyridine rings is 2. The highest BCUT2D eigenvalue weighted by molar-refractivity contribution is 6.32. The summed E-state index contributed by atoms with van der Waals surface area (Å²) in [6.07, 6.45) is 0. The standard InChI is InChI=1S/C22H15ClN4O/c1-12-5-4-6-13-9-16(21(23)27-20(12)13)18-10-15(17(11-24)22(25)26-18)14-7-2-3-8-19(14)28/h2-10,28H,1H3,(H2,25,26)/p+1. The summed E-state index contributed by atoms with van der Waals surface area (Å²) < 4.78 is 0. The van der Waals surface area contributed by atoms with Crippen molar-refractivity contribution in [3.05, 3.63) is 70.9 Å². The highest BCUT2D eigenvalue weighted by Gasteiger charge is 2.21. The van der Waals surface area contributed by atoms with Gasteiger partial charge in [-0.2, -0.15) is 5.26 Å². The first-order valence-corrected chi connectivity index (χ1v) is 8.98. The number of aromatic nitrogens is 2. The summed E-state index contributed by atoms with van der Waals surface area (Å²) in [5.41, 5.74) is 10.5. The normalized spacial score (nSPS) is 10.8. The molecule has 0 amide bonds. The Labute approximate surface area is 166 Å². The fraction of sp³-hybridized carbons (Fsp3) is 0.0455. The van der Waals surface area contributed by atoms with E-state index in [2.05, 4.69) is 16.0 Å². The number of para-hydroxylation sites is 2. The van der Waals surface area contributed by atoms with E-state index in [0.717, 1.165) is 16.5 Å². The molecule has 6 heteroatoms. The van der Waals surface area contributed by atoms with Crippen LogP contribution in [0.2, 0.25) is 5.15 Å². The molecular formula is C22H16ClN4O+. The first-order valence-electron chi connectivity index (χ1n) is 8.60. The third-order valence-electron chi connectivity index (χ3n) is 4.69. The molecule has 0 aliphatic carbocycles. The molecule has 0 aliphatic rings. The Morgan fingerprint density at radius 2 is 1.86 bits per heavy atom. The minimum absolute atomic E-state index is 0.0638. The molecule has 5 nitrogen and oxygen atoms in total. The zero-order valence-electron chi connectivity index (χ0n) is 15.0. The van der Waals surface area contributed by atoms with Crippen LogP contribution in [-0.2, 0) is 0 Å². The number of aromatic amines is 1. The molecule has 2 aromatic heterocycles. The number of benzene rings is 2. The molecule has 28 heavy (non-hydrogen) atoms. The van der Waals surface area contributed by atoms with Gasteiger partial charge in [0.25, 0.3) is 5.82 Å². The molecule has 0 bridgehead atoms. The lowest BCUT2D eigenvalue weighted by Gasteiger charge is -2.10. The lowest BCUT2D eigenvalue weighted by atomic mass is 9.97. The van der Waals surface area contributed by atoms with Crippen LogP contribution < -0.4 is 10.7 Å². The second-order valence-electron chi connectivity index (χ2n) is 6.49. The van der Waals surface area contributed by atoms with Gasteiger partial charge in [-0.25, -0.2) is 9.97 Å². The quantitative estimate of drug-likeness (QED) is 0.494. The van der Waals surface area contributed by atoms with Crippen LogP contribution in [0.5, 0.6) is 5.75 Å². The Bertz CT molecular complexity index is 1280. The second-order valence-corrected chi connectivity index (χ2v) is 6.85. The Morgan fingerprint density at radius 3 is 2.61 bits per heavy atom. The van der Waals surface area contributed by atoms with Crippen LogP contribution in [0.3, 0.4) is 0 Å². The smallest absolute Gasteiger partial charge is 0.289 e. The number of nitrogens with two attached hydrogens (primary N) is 1. The summed E-state index contributed by atoms with van der Waals surface area (Å²) in [7, 11) is 0. The van der Waals surface area contributed by atoms with E-state index >= 15 is 0 Å². The molecule has 136 valence electrons. The van der Waals surface area contributed by atoms with Crippen LogP contribution in [0.15, 0.2) is 54.6 Å². The van der Waals surface area contributed by atoms with Crippen molar-refractivity contribution in [1.29, 1.82) is 5.26 Å². The zero-order valence-corrected chi connectivity index (χ0v) is 15.7. The van der Waals surface area contributed by atoms with Crippen molar-refractivity contribution in [2.45, 2.75) is 6.92 Å². The summed E-state index contributed by atoms with van der Waals surface area (Å²) in [4.78, 5) is 7.58. The van der Waals surface area contributed by atoms with Crippen molar-refractivity contribution >= 4 is 28.3 Å². The highest BCUT2D eigenvalue weighted by atomic mass is 35.5. The fourth-order valence-corrected chi connectivity index (χ4v) is 3.54. The number of fused-ring (bicyclic) bond motifs is 1. The van der Waals surface area contributed by atoms with E-state index in [1.807, 2.05) is 31.2 Å². The van der Waals surface area contributed by atoms with E-state index in [1.165, 1.54) is 0 Å². The Morgan fingerprint density at radius 1 is 1.07 bits per heavy atom. The summed E-state index contributed by atoms with van der Waals surface area (Å²) >= 11 is 6.48. The number of anilines is 1. The molecule has 0 atom stereocenters. The summed E-state index contributed by atoms with van der Waals surface area (Å²) in [6, 6.07) is 18.5. The van der Waals surface area contributed by atoms with Gasteiger partial charge in [-0.15, -0.1) is 0 Å². The van der Waals surface area contributed by atoms with Crippen molar-refractivity contribution < 1.29 is 10.1 Å². The Balaban J connectivity index is 2.00. The molecule has 0 saturated carbocycles. The van der Waals surface area contributed by atoms with Crippen LogP contribution in [0.25, 0.3) is 33.3 Å². The summed E-state index contributed by atoms with van der Waals surface area (Å²) in [6.45, 7) is 1.98. The number of hydrogen-bond acceptors (Lipinski definition) is 4. The molecule has 0 unspecified atom stereocenters. The number of H-pyrrole nitrogens is 1. The number of nitrogens with zero attached hydrogens (tertiary/aromatic N) is 2. The minimum atomic E-state index is 0.0638. The maximum Gasteiger partial charge on any atom is 0.289 e. The topological polar surface area (TPSA) is 97.1 Å². The molecule has 2 heterocycles. The number of halogens is 1. The van der Waals surface area contributed by atoms with Crippen molar-refractivity contribution in [3.63, 3.8) is 0 Å². The van der Waals surface area contributed by atoms with E-state index in [4.69, 9.17) is 17.3 Å². The largest absolute Gasteiger partial charge is 0.507 e. The number of aromatic hydroxyl groups is 1. The molecule has 0 aliphatic heterocycles. The van der Waals surface area contributed by atoms with Crippen molar-refractivity contribution in [2.75, 3.05) is 5.73 Å². The number of nitrogen functional groups attached to an aromatic ring is 1.